The van der Waals surface area contributed by atoms with Crippen LogP contribution in [0.3, 0.4) is 0 Å². The number of ether oxygens (including phenoxy) is 3. The molecule has 2 N–H and O–H groups in total. The second-order valence-electron chi connectivity index (χ2n) is 10.2. The largest absolute Gasteiger partial charge is 0.507 e. The van der Waals surface area contributed by atoms with Gasteiger partial charge in [-0.1, -0.05) is 59.9 Å². The number of anilines is 1. The molecule has 0 bridgehead atoms. The Morgan fingerprint density at radius 1 is 1.09 bits per heavy atom. The van der Waals surface area contributed by atoms with E-state index >= 15 is 0 Å². The number of carbonyl (C=O) groups excluding carboxylic acids is 3. The molecule has 0 spiro atoms. The van der Waals surface area contributed by atoms with Gasteiger partial charge in [-0.3, -0.25) is 14.5 Å². The van der Waals surface area contributed by atoms with Crippen LogP contribution < -0.4 is 14.4 Å². The zero-order chi connectivity index (χ0) is 32.2. The fourth-order valence-electron chi connectivity index (χ4n) is 4.92. The topological polar surface area (TPSA) is 135 Å². The summed E-state index contributed by atoms with van der Waals surface area (Å²) in [6.45, 7) is 7.45. The fraction of sp³-hybridized carbons (Fsp3) is 0.176. The molecule has 1 aromatic heterocycles. The highest BCUT2D eigenvalue weighted by molar-refractivity contribution is 7.17. The Morgan fingerprint density at radius 3 is 2.53 bits per heavy atom. The van der Waals surface area contributed by atoms with Crippen molar-refractivity contribution in [3.05, 3.63) is 118 Å². The van der Waals surface area contributed by atoms with E-state index in [2.05, 4.69) is 11.6 Å². The van der Waals surface area contributed by atoms with Gasteiger partial charge >= 0.3 is 11.9 Å². The maximum Gasteiger partial charge on any atom is 0.350 e. The maximum absolute atomic E-state index is 13.6. The van der Waals surface area contributed by atoms with E-state index in [1.807, 2.05) is 31.2 Å². The molecule has 5 rings (SSSR count). The highest BCUT2D eigenvalue weighted by Gasteiger charge is 2.48. The summed E-state index contributed by atoms with van der Waals surface area (Å²) >= 11 is 0.880. The van der Waals surface area contributed by atoms with Crippen LogP contribution in [0.2, 0.25) is 0 Å². The van der Waals surface area contributed by atoms with Crippen LogP contribution in [0.1, 0.15) is 43.7 Å². The summed E-state index contributed by atoms with van der Waals surface area (Å²) in [6, 6.07) is 17.6. The number of nitrogens with zero attached hydrogens (tertiary/aromatic N) is 2. The molecule has 0 aliphatic carbocycles. The quantitative estimate of drug-likeness (QED) is 0.0712. The van der Waals surface area contributed by atoms with Gasteiger partial charge in [0.15, 0.2) is 16.6 Å². The number of phenolic OH excluding ortho intramolecular Hbond substituents is 1. The number of rotatable bonds is 10. The van der Waals surface area contributed by atoms with Gasteiger partial charge in [0, 0.05) is 5.56 Å². The lowest BCUT2D eigenvalue weighted by Gasteiger charge is -2.23. The van der Waals surface area contributed by atoms with Crippen molar-refractivity contribution in [1.82, 2.24) is 4.98 Å². The first kappa shape index (κ1) is 31.0. The van der Waals surface area contributed by atoms with Gasteiger partial charge in [-0.25, -0.2) is 9.78 Å². The molecule has 3 aromatic carbocycles. The molecule has 2 heterocycles. The Bertz CT molecular complexity index is 1830. The Labute approximate surface area is 263 Å². The number of aromatic nitrogens is 1. The van der Waals surface area contributed by atoms with Gasteiger partial charge in [-0.2, -0.15) is 0 Å². The van der Waals surface area contributed by atoms with Crippen LogP contribution in [-0.4, -0.2) is 46.6 Å². The Balaban J connectivity index is 1.55. The number of aliphatic hydroxyl groups excluding tert-OH is 1. The first-order valence-corrected chi connectivity index (χ1v) is 14.7. The second-order valence-corrected chi connectivity index (χ2v) is 11.2. The molecule has 1 fully saturated rings. The summed E-state index contributed by atoms with van der Waals surface area (Å²) in [7, 11) is 1.36. The molecule has 4 aromatic rings. The zero-order valence-electron chi connectivity index (χ0n) is 24.8. The normalized spacial score (nSPS) is 15.6. The average molecular weight is 627 g/mol. The minimum Gasteiger partial charge on any atom is -0.507 e. The standard InChI is InChI=1S/C34H30N2O8S/c1-5-15-43-33(41)31-20(3)35-34(45-31)36-28(23-11-14-25(37)26(17-23)42-4)27(30(39)32(36)40)29(38)22-9-12-24(13-10-22)44-18-21-8-6-7-19(2)16-21/h5-14,16-17,28,37-38H,1,15,18H2,2-4H3. The van der Waals surface area contributed by atoms with Crippen LogP contribution in [0.25, 0.3) is 5.76 Å². The molecule has 11 heteroatoms. The second kappa shape index (κ2) is 13.1. The van der Waals surface area contributed by atoms with E-state index in [-0.39, 0.29) is 39.3 Å². The minimum absolute atomic E-state index is 0.0148. The van der Waals surface area contributed by atoms with E-state index in [9.17, 15) is 24.6 Å². The number of methoxy groups -OCH3 is 1. The summed E-state index contributed by atoms with van der Waals surface area (Å²) < 4.78 is 16.3. The molecular weight excluding hydrogens is 596 g/mol. The number of aryl methyl sites for hydroxylation is 2. The van der Waals surface area contributed by atoms with Crippen molar-refractivity contribution >= 4 is 39.9 Å². The number of aliphatic hydroxyl groups is 1. The van der Waals surface area contributed by atoms with Gasteiger partial charge in [0.05, 0.1) is 24.4 Å². The number of carbonyl (C=O) groups is 3. The van der Waals surface area contributed by atoms with E-state index in [0.29, 0.717) is 23.6 Å². The van der Waals surface area contributed by atoms with Crippen LogP contribution in [0.5, 0.6) is 17.2 Å². The number of aromatic hydroxyl groups is 1. The molecule has 0 radical (unpaired) electrons. The summed E-state index contributed by atoms with van der Waals surface area (Å²) in [5.41, 5.74) is 2.84. The number of thiazole rings is 1. The van der Waals surface area contributed by atoms with Gasteiger partial charge in [-0.05, 0) is 61.4 Å². The molecule has 1 aliphatic heterocycles. The third-order valence-electron chi connectivity index (χ3n) is 7.09. The van der Waals surface area contributed by atoms with Crippen molar-refractivity contribution in [2.45, 2.75) is 26.5 Å². The summed E-state index contributed by atoms with van der Waals surface area (Å²) in [5.74, 6) is -2.49. The highest BCUT2D eigenvalue weighted by Crippen LogP contribution is 2.45. The third kappa shape index (κ3) is 6.29. The van der Waals surface area contributed by atoms with E-state index in [4.69, 9.17) is 14.2 Å². The smallest absolute Gasteiger partial charge is 0.350 e. The summed E-state index contributed by atoms with van der Waals surface area (Å²) in [5, 5.41) is 21.8. The monoisotopic (exact) mass is 626 g/mol. The third-order valence-corrected chi connectivity index (χ3v) is 8.23. The van der Waals surface area contributed by atoms with Crippen LogP contribution >= 0.6 is 11.3 Å². The van der Waals surface area contributed by atoms with Crippen LogP contribution in [0.4, 0.5) is 5.13 Å². The van der Waals surface area contributed by atoms with Crippen molar-refractivity contribution < 1.29 is 38.8 Å². The minimum atomic E-state index is -1.17. The zero-order valence-corrected chi connectivity index (χ0v) is 25.6. The Kier molecular flexibility index (Phi) is 9.01. The number of phenols is 1. The molecule has 45 heavy (non-hydrogen) atoms. The van der Waals surface area contributed by atoms with Gasteiger partial charge in [-0.15, -0.1) is 0 Å². The number of Topliss-reactive ketones (excluding diaryl/α,β-unsaturated/α-hetero) is 1. The molecule has 0 saturated carbocycles. The Hall–Kier alpha value is -5.42. The van der Waals surface area contributed by atoms with Gasteiger partial charge < -0.3 is 24.4 Å². The van der Waals surface area contributed by atoms with Gasteiger partial charge in [0.25, 0.3) is 5.78 Å². The molecule has 230 valence electrons. The van der Waals surface area contributed by atoms with E-state index < -0.39 is 29.5 Å². The molecular formula is C34H30N2O8S. The van der Waals surface area contributed by atoms with E-state index in [0.717, 1.165) is 27.4 Å². The predicted molar refractivity (Wildman–Crippen MR) is 169 cm³/mol. The lowest BCUT2D eigenvalue weighted by atomic mass is 9.95. The van der Waals surface area contributed by atoms with Crippen LogP contribution in [0, 0.1) is 13.8 Å². The fourth-order valence-corrected chi connectivity index (χ4v) is 5.90. The van der Waals surface area contributed by atoms with E-state index in [1.54, 1.807) is 31.2 Å². The molecule has 1 unspecified atom stereocenters. The Morgan fingerprint density at radius 2 is 1.84 bits per heavy atom. The lowest BCUT2D eigenvalue weighted by Crippen LogP contribution is -2.29. The predicted octanol–water partition coefficient (Wildman–Crippen LogP) is 6.02. The van der Waals surface area contributed by atoms with Crippen molar-refractivity contribution in [3.63, 3.8) is 0 Å². The molecule has 1 saturated heterocycles. The van der Waals surface area contributed by atoms with Crippen molar-refractivity contribution in [2.75, 3.05) is 18.6 Å². The van der Waals surface area contributed by atoms with E-state index in [1.165, 1.54) is 31.4 Å². The van der Waals surface area contributed by atoms with Gasteiger partial charge in [0.1, 0.15) is 29.6 Å². The number of esters is 1. The molecule has 10 nitrogen and oxygen atoms in total. The number of ketones is 1. The SMILES string of the molecule is C=CCOC(=O)c1sc(N2C(=O)C(=O)C(=C(O)c3ccc(OCc4cccc(C)c4)cc3)C2c2ccc(O)c(OC)c2)nc1C. The van der Waals surface area contributed by atoms with Crippen molar-refractivity contribution in [1.29, 1.82) is 0 Å². The first-order chi connectivity index (χ1) is 21.6. The molecule has 1 aliphatic rings. The molecule has 1 amide bonds. The van der Waals surface area contributed by atoms with Crippen LogP contribution in [0.15, 0.2) is 85.0 Å². The summed E-state index contributed by atoms with van der Waals surface area (Å²) in [4.78, 5) is 45.5. The average Bonchev–Trinajstić information content (AvgIpc) is 3.55. The number of hydrogen-bond donors (Lipinski definition) is 2. The van der Waals surface area contributed by atoms with Crippen molar-refractivity contribution in [2.24, 2.45) is 0 Å². The number of amides is 1. The summed E-state index contributed by atoms with van der Waals surface area (Å²) in [6.07, 6.45) is 1.43. The number of benzene rings is 3. The highest BCUT2D eigenvalue weighted by atomic mass is 32.1. The lowest BCUT2D eigenvalue weighted by molar-refractivity contribution is -0.132. The first-order valence-electron chi connectivity index (χ1n) is 13.8. The molecule has 1 atom stereocenters. The van der Waals surface area contributed by atoms with Crippen molar-refractivity contribution in [3.8, 4) is 17.2 Å². The van der Waals surface area contributed by atoms with Crippen LogP contribution in [-0.2, 0) is 20.9 Å². The van der Waals surface area contributed by atoms with Gasteiger partial charge in [0.2, 0.25) is 0 Å². The maximum atomic E-state index is 13.6. The number of hydrogen-bond acceptors (Lipinski definition) is 10.